The van der Waals surface area contributed by atoms with Gasteiger partial charge in [0, 0.05) is 37.5 Å². The minimum absolute atomic E-state index is 0.422. The van der Waals surface area contributed by atoms with Gasteiger partial charge in [0.2, 0.25) is 5.89 Å². The molecule has 1 aliphatic heterocycles. The summed E-state index contributed by atoms with van der Waals surface area (Å²) in [6, 6.07) is 4.07. The molecule has 0 aliphatic carbocycles. The Labute approximate surface area is 140 Å². The van der Waals surface area contributed by atoms with Crippen LogP contribution < -0.4 is 4.90 Å². The Balaban J connectivity index is 1.68. The van der Waals surface area contributed by atoms with E-state index < -0.39 is 10.0 Å². The minimum Gasteiger partial charge on any atom is -0.408 e. The summed E-state index contributed by atoms with van der Waals surface area (Å²) in [5.41, 5.74) is 0. The lowest BCUT2D eigenvalue weighted by Gasteiger charge is -2.32. The van der Waals surface area contributed by atoms with Crippen molar-refractivity contribution >= 4 is 27.4 Å². The Hall–Kier alpha value is -1.45. The lowest BCUT2D eigenvalue weighted by molar-refractivity contribution is 0.370. The molecule has 0 radical (unpaired) electrons. The third-order valence-corrected chi connectivity index (χ3v) is 7.44. The van der Waals surface area contributed by atoms with Gasteiger partial charge < -0.3 is 9.32 Å². The molecule has 9 heteroatoms. The monoisotopic (exact) mass is 356 g/mol. The lowest BCUT2D eigenvalue weighted by atomic mass is 10.4. The largest absolute Gasteiger partial charge is 0.408 e. The summed E-state index contributed by atoms with van der Waals surface area (Å²) in [5, 5.41) is 7.96. The fourth-order valence-corrected chi connectivity index (χ4v) is 5.32. The SMILES string of the molecule is CCc1nnc(N2CCN(S(=O)(=O)c3ccc(CC)s3)CC2)o1. The zero-order valence-electron chi connectivity index (χ0n) is 13.2. The highest BCUT2D eigenvalue weighted by atomic mass is 32.2. The molecule has 2 aromatic rings. The molecule has 7 nitrogen and oxygen atoms in total. The van der Waals surface area contributed by atoms with Crippen molar-refractivity contribution in [3.8, 4) is 0 Å². The number of rotatable bonds is 5. The fraction of sp³-hybridized carbons (Fsp3) is 0.571. The highest BCUT2D eigenvalue weighted by Gasteiger charge is 2.31. The zero-order chi connectivity index (χ0) is 16.4. The maximum absolute atomic E-state index is 12.7. The van der Waals surface area contributed by atoms with Crippen molar-refractivity contribution in [2.75, 3.05) is 31.1 Å². The predicted octanol–water partition coefficient (Wildman–Crippen LogP) is 1.77. The van der Waals surface area contributed by atoms with E-state index in [0.717, 1.165) is 11.3 Å². The first kappa shape index (κ1) is 16.4. The van der Waals surface area contributed by atoms with E-state index in [1.807, 2.05) is 24.8 Å². The van der Waals surface area contributed by atoms with Crippen molar-refractivity contribution in [1.82, 2.24) is 14.5 Å². The number of sulfonamides is 1. The minimum atomic E-state index is -3.40. The number of hydrogen-bond donors (Lipinski definition) is 0. The van der Waals surface area contributed by atoms with Crippen molar-refractivity contribution in [2.45, 2.75) is 30.9 Å². The van der Waals surface area contributed by atoms with Crippen molar-refractivity contribution in [1.29, 1.82) is 0 Å². The standard InChI is InChI=1S/C14H20N4O3S2/c1-3-11-5-6-13(22-11)23(19,20)18-9-7-17(8-10-18)14-16-15-12(4-2)21-14/h5-6H,3-4,7-10H2,1-2H3. The first-order valence-corrected chi connectivity index (χ1v) is 9.96. The molecule has 0 amide bonds. The van der Waals surface area contributed by atoms with Crippen LogP contribution in [0.25, 0.3) is 0 Å². The van der Waals surface area contributed by atoms with Crippen LogP contribution in [0.1, 0.15) is 24.6 Å². The van der Waals surface area contributed by atoms with Gasteiger partial charge >= 0.3 is 6.01 Å². The van der Waals surface area contributed by atoms with Gasteiger partial charge in [-0.15, -0.1) is 16.4 Å². The summed E-state index contributed by atoms with van der Waals surface area (Å²) in [6.07, 6.45) is 1.55. The van der Waals surface area contributed by atoms with E-state index in [1.54, 1.807) is 6.07 Å². The molecule has 0 bridgehead atoms. The van der Waals surface area contributed by atoms with Crippen molar-refractivity contribution in [3.63, 3.8) is 0 Å². The van der Waals surface area contributed by atoms with E-state index in [-0.39, 0.29) is 0 Å². The molecule has 0 spiro atoms. The van der Waals surface area contributed by atoms with E-state index in [1.165, 1.54) is 15.6 Å². The highest BCUT2D eigenvalue weighted by molar-refractivity contribution is 7.91. The second-order valence-corrected chi connectivity index (χ2v) is 8.63. The van der Waals surface area contributed by atoms with E-state index in [0.29, 0.717) is 48.7 Å². The fourth-order valence-electron chi connectivity index (χ4n) is 2.45. The molecule has 126 valence electrons. The maximum atomic E-state index is 12.7. The van der Waals surface area contributed by atoms with Crippen LogP contribution >= 0.6 is 11.3 Å². The summed E-state index contributed by atoms with van der Waals surface area (Å²) in [4.78, 5) is 3.02. The zero-order valence-corrected chi connectivity index (χ0v) is 14.9. The molecule has 3 heterocycles. The number of hydrogen-bond acceptors (Lipinski definition) is 7. The van der Waals surface area contributed by atoms with Gasteiger partial charge in [0.1, 0.15) is 4.21 Å². The molecule has 0 unspecified atom stereocenters. The van der Waals surface area contributed by atoms with Crippen LogP contribution in [-0.4, -0.2) is 49.1 Å². The molecule has 1 aliphatic rings. The van der Waals surface area contributed by atoms with Crippen LogP contribution in [-0.2, 0) is 22.9 Å². The second-order valence-electron chi connectivity index (χ2n) is 5.30. The van der Waals surface area contributed by atoms with Crippen molar-refractivity contribution in [2.24, 2.45) is 0 Å². The highest BCUT2D eigenvalue weighted by Crippen LogP contribution is 2.26. The third-order valence-electron chi connectivity index (χ3n) is 3.85. The number of thiophene rings is 1. The quantitative estimate of drug-likeness (QED) is 0.812. The molecule has 3 rings (SSSR count). The maximum Gasteiger partial charge on any atom is 0.318 e. The summed E-state index contributed by atoms with van der Waals surface area (Å²) in [6.45, 7) is 5.92. The third kappa shape index (κ3) is 3.26. The van der Waals surface area contributed by atoms with Gasteiger partial charge in [0.15, 0.2) is 0 Å². The summed E-state index contributed by atoms with van der Waals surface area (Å²) < 4.78 is 32.8. The van der Waals surface area contributed by atoms with Gasteiger partial charge in [-0.1, -0.05) is 18.9 Å². The van der Waals surface area contributed by atoms with Gasteiger partial charge in [-0.05, 0) is 18.6 Å². The Morgan fingerprint density at radius 2 is 1.87 bits per heavy atom. The molecule has 2 aromatic heterocycles. The van der Waals surface area contributed by atoms with Gasteiger partial charge in [0.05, 0.1) is 0 Å². The number of anilines is 1. The van der Waals surface area contributed by atoms with Crippen LogP contribution in [0.3, 0.4) is 0 Å². The van der Waals surface area contributed by atoms with Gasteiger partial charge in [-0.25, -0.2) is 8.42 Å². The van der Waals surface area contributed by atoms with Crippen molar-refractivity contribution < 1.29 is 12.8 Å². The smallest absolute Gasteiger partial charge is 0.318 e. The van der Waals surface area contributed by atoms with Crippen LogP contribution in [0, 0.1) is 0 Å². The van der Waals surface area contributed by atoms with Crippen LogP contribution in [0.4, 0.5) is 6.01 Å². The molecule has 23 heavy (non-hydrogen) atoms. The molecular formula is C14H20N4O3S2. The van der Waals surface area contributed by atoms with Crippen molar-refractivity contribution in [3.05, 3.63) is 22.9 Å². The molecule has 0 N–H and O–H groups in total. The van der Waals surface area contributed by atoms with E-state index in [2.05, 4.69) is 10.2 Å². The first-order chi connectivity index (χ1) is 11.0. The average Bonchev–Trinajstić information content (AvgIpc) is 3.24. The lowest BCUT2D eigenvalue weighted by Crippen LogP contribution is -2.48. The molecule has 1 saturated heterocycles. The molecular weight excluding hydrogens is 336 g/mol. The summed E-state index contributed by atoms with van der Waals surface area (Å²) >= 11 is 1.35. The van der Waals surface area contributed by atoms with E-state index >= 15 is 0 Å². The van der Waals surface area contributed by atoms with E-state index in [4.69, 9.17) is 4.42 Å². The van der Waals surface area contributed by atoms with E-state index in [9.17, 15) is 8.42 Å². The topological polar surface area (TPSA) is 79.5 Å². The number of aromatic nitrogens is 2. The first-order valence-electron chi connectivity index (χ1n) is 7.70. The van der Waals surface area contributed by atoms with Crippen LogP contribution in [0.15, 0.2) is 20.8 Å². The second kappa shape index (κ2) is 6.58. The Morgan fingerprint density at radius 3 is 2.43 bits per heavy atom. The van der Waals surface area contributed by atoms with Gasteiger partial charge in [0.25, 0.3) is 10.0 Å². The molecule has 0 saturated carbocycles. The number of aryl methyl sites for hydroxylation is 2. The molecule has 1 fully saturated rings. The normalized spacial score (nSPS) is 16.9. The predicted molar refractivity (Wildman–Crippen MR) is 88.3 cm³/mol. The Morgan fingerprint density at radius 1 is 1.13 bits per heavy atom. The molecule has 0 atom stereocenters. The van der Waals surface area contributed by atoms with Crippen LogP contribution in [0.2, 0.25) is 0 Å². The summed E-state index contributed by atoms with van der Waals surface area (Å²) in [5.74, 6) is 0.598. The van der Waals surface area contributed by atoms with Crippen LogP contribution in [0.5, 0.6) is 0 Å². The van der Waals surface area contributed by atoms with Gasteiger partial charge in [-0.2, -0.15) is 4.31 Å². The summed E-state index contributed by atoms with van der Waals surface area (Å²) in [7, 11) is -3.40. The van der Waals surface area contributed by atoms with Gasteiger partial charge in [-0.3, -0.25) is 0 Å². The number of piperazine rings is 1. The number of nitrogens with zero attached hydrogens (tertiary/aromatic N) is 4. The average molecular weight is 356 g/mol. The Kier molecular flexibility index (Phi) is 4.69. The molecule has 0 aromatic carbocycles. The Bertz CT molecular complexity index is 761.